The molecule has 3 nitrogen and oxygen atoms in total. The van der Waals surface area contributed by atoms with Crippen LogP contribution in [0.5, 0.6) is 0 Å². The predicted molar refractivity (Wildman–Crippen MR) is 121 cm³/mol. The Morgan fingerprint density at radius 2 is 1.96 bits per heavy atom. The number of nitrogens with zero attached hydrogens (tertiary/aromatic N) is 2. The first-order valence-electron chi connectivity index (χ1n) is 9.54. The van der Waals surface area contributed by atoms with Crippen molar-refractivity contribution in [3.8, 4) is 0 Å². The summed E-state index contributed by atoms with van der Waals surface area (Å²) in [5.41, 5.74) is 8.30. The minimum Gasteiger partial charge on any atom is -0.381 e. The van der Waals surface area contributed by atoms with E-state index in [-0.39, 0.29) is 0 Å². The zero-order valence-electron chi connectivity index (χ0n) is 17.9. The molecular weight excluding hydrogens is 330 g/mol. The Labute approximate surface area is 166 Å². The number of allylic oxidation sites excluding steroid dienone is 8. The molecule has 0 radical (unpaired) electrons. The summed E-state index contributed by atoms with van der Waals surface area (Å²) < 4.78 is 0. The van der Waals surface area contributed by atoms with Crippen molar-refractivity contribution in [1.29, 1.82) is 0 Å². The topological polar surface area (TPSA) is 27.6 Å². The van der Waals surface area contributed by atoms with Gasteiger partial charge in [0, 0.05) is 31.4 Å². The molecule has 0 unspecified atom stereocenters. The second-order valence-corrected chi connectivity index (χ2v) is 7.06. The maximum absolute atomic E-state index is 4.95. The quantitative estimate of drug-likeness (QED) is 0.531. The monoisotopic (exact) mass is 365 g/mol. The van der Waals surface area contributed by atoms with Crippen LogP contribution in [0.1, 0.15) is 47.5 Å². The van der Waals surface area contributed by atoms with Crippen LogP contribution in [0.2, 0.25) is 0 Å². The zero-order valence-corrected chi connectivity index (χ0v) is 17.9. The molecule has 0 atom stereocenters. The average Bonchev–Trinajstić information content (AvgIpc) is 2.69. The molecule has 0 aromatic heterocycles. The predicted octanol–water partition coefficient (Wildman–Crippen LogP) is 6.05. The van der Waals surface area contributed by atoms with Crippen molar-refractivity contribution < 1.29 is 0 Å². The SMILES string of the molecule is C=C(C)NC1=CC(=N/C(=C/C=C/N(C)CC)C(=C)C)C(C)=C(CC)C(=C)C1. The fourth-order valence-electron chi connectivity index (χ4n) is 2.86. The lowest BCUT2D eigenvalue weighted by molar-refractivity contribution is 0.484. The third-order valence-corrected chi connectivity index (χ3v) is 4.48. The number of hydrogen-bond acceptors (Lipinski definition) is 3. The minimum atomic E-state index is 0.777. The summed E-state index contributed by atoms with van der Waals surface area (Å²) in [5, 5.41) is 3.35. The normalized spacial score (nSPS) is 17.3. The summed E-state index contributed by atoms with van der Waals surface area (Å²) in [7, 11) is 2.05. The van der Waals surface area contributed by atoms with Crippen molar-refractivity contribution in [3.63, 3.8) is 0 Å². The second-order valence-electron chi connectivity index (χ2n) is 7.06. The van der Waals surface area contributed by atoms with E-state index in [9.17, 15) is 0 Å². The summed E-state index contributed by atoms with van der Waals surface area (Å²) in [5.74, 6) is 0. The third-order valence-electron chi connectivity index (χ3n) is 4.48. The molecule has 0 heterocycles. The molecule has 0 saturated heterocycles. The maximum atomic E-state index is 4.95. The summed E-state index contributed by atoms with van der Waals surface area (Å²) in [6, 6.07) is 0. The molecular formula is C24H35N3. The molecule has 1 N–H and O–H groups in total. The van der Waals surface area contributed by atoms with E-state index in [0.717, 1.165) is 53.3 Å². The van der Waals surface area contributed by atoms with Crippen LogP contribution in [0.3, 0.4) is 0 Å². The van der Waals surface area contributed by atoms with Crippen molar-refractivity contribution in [1.82, 2.24) is 10.2 Å². The van der Waals surface area contributed by atoms with Gasteiger partial charge in [-0.1, -0.05) is 26.7 Å². The lowest BCUT2D eigenvalue weighted by Crippen LogP contribution is -2.11. The highest BCUT2D eigenvalue weighted by molar-refractivity contribution is 6.10. The summed E-state index contributed by atoms with van der Waals surface area (Å²) in [4.78, 5) is 7.07. The van der Waals surface area contributed by atoms with Crippen LogP contribution in [0.15, 0.2) is 88.5 Å². The third kappa shape index (κ3) is 6.93. The van der Waals surface area contributed by atoms with Crippen LogP contribution in [0.4, 0.5) is 0 Å². The minimum absolute atomic E-state index is 0.777. The van der Waals surface area contributed by atoms with E-state index in [1.807, 2.05) is 39.2 Å². The average molecular weight is 366 g/mol. The first kappa shape index (κ1) is 22.5. The van der Waals surface area contributed by atoms with Gasteiger partial charge in [-0.15, -0.1) is 0 Å². The summed E-state index contributed by atoms with van der Waals surface area (Å²) >= 11 is 0. The standard InChI is InChI=1S/C24H35N3/c1-10-22-19(7)15-21(25-18(5)6)16-24(20(22)8)26-23(17(3)4)13-12-14-27(9)11-2/h12-14,16,25H,3,5,7,10-11,15H2,1-2,4,6,8-9H3/b14-12+,23-13+,26-24?. The Bertz CT molecular complexity index is 754. The number of aliphatic imine (C=N–C) groups is 1. The first-order valence-corrected chi connectivity index (χ1v) is 9.54. The Kier molecular flexibility index (Phi) is 8.80. The molecule has 0 aliphatic heterocycles. The molecule has 0 amide bonds. The highest BCUT2D eigenvalue weighted by atomic mass is 15.1. The van der Waals surface area contributed by atoms with Crippen LogP contribution in [0, 0.1) is 0 Å². The van der Waals surface area contributed by atoms with Crippen LogP contribution in [0.25, 0.3) is 0 Å². The molecule has 27 heavy (non-hydrogen) atoms. The number of rotatable bonds is 8. The van der Waals surface area contributed by atoms with Gasteiger partial charge in [0.25, 0.3) is 0 Å². The molecule has 0 spiro atoms. The highest BCUT2D eigenvalue weighted by Gasteiger charge is 2.16. The van der Waals surface area contributed by atoms with Crippen LogP contribution < -0.4 is 5.32 Å². The summed E-state index contributed by atoms with van der Waals surface area (Å²) in [6.07, 6.45) is 9.90. The maximum Gasteiger partial charge on any atom is 0.0686 e. The first-order chi connectivity index (χ1) is 12.7. The van der Waals surface area contributed by atoms with Crippen molar-refractivity contribution in [2.24, 2.45) is 4.99 Å². The second kappa shape index (κ2) is 10.6. The number of hydrogen-bond donors (Lipinski definition) is 1. The van der Waals surface area contributed by atoms with Crippen LogP contribution in [-0.2, 0) is 0 Å². The van der Waals surface area contributed by atoms with Gasteiger partial charge in [0.2, 0.25) is 0 Å². The molecule has 0 saturated carbocycles. The zero-order chi connectivity index (χ0) is 20.6. The van der Waals surface area contributed by atoms with Gasteiger partial charge in [0.15, 0.2) is 0 Å². The Balaban J connectivity index is 3.45. The van der Waals surface area contributed by atoms with Gasteiger partial charge in [-0.25, -0.2) is 4.99 Å². The Morgan fingerprint density at radius 1 is 1.30 bits per heavy atom. The van der Waals surface area contributed by atoms with E-state index in [1.165, 1.54) is 11.1 Å². The largest absolute Gasteiger partial charge is 0.381 e. The Morgan fingerprint density at radius 3 is 2.48 bits per heavy atom. The smallest absolute Gasteiger partial charge is 0.0686 e. The molecule has 3 heteroatoms. The summed E-state index contributed by atoms with van der Waals surface area (Å²) in [6.45, 7) is 23.7. The van der Waals surface area contributed by atoms with Gasteiger partial charge in [0.05, 0.1) is 11.4 Å². The molecule has 0 aromatic rings. The molecule has 146 valence electrons. The van der Waals surface area contributed by atoms with Gasteiger partial charge in [0.1, 0.15) is 0 Å². The van der Waals surface area contributed by atoms with E-state index in [1.54, 1.807) is 0 Å². The van der Waals surface area contributed by atoms with Gasteiger partial charge in [-0.05, 0) is 80.8 Å². The highest BCUT2D eigenvalue weighted by Crippen LogP contribution is 2.28. The molecule has 0 fully saturated rings. The lowest BCUT2D eigenvalue weighted by Gasteiger charge is -2.12. The fourth-order valence-corrected chi connectivity index (χ4v) is 2.86. The van der Waals surface area contributed by atoms with Crippen molar-refractivity contribution >= 4 is 5.71 Å². The van der Waals surface area contributed by atoms with Gasteiger partial charge >= 0.3 is 0 Å². The van der Waals surface area contributed by atoms with E-state index in [4.69, 9.17) is 4.99 Å². The van der Waals surface area contributed by atoms with E-state index < -0.39 is 0 Å². The Hall–Kier alpha value is -2.55. The molecule has 1 rings (SSSR count). The van der Waals surface area contributed by atoms with Crippen molar-refractivity contribution in [3.05, 3.63) is 83.5 Å². The van der Waals surface area contributed by atoms with Gasteiger partial charge in [-0.2, -0.15) is 0 Å². The van der Waals surface area contributed by atoms with Crippen LogP contribution >= 0.6 is 0 Å². The van der Waals surface area contributed by atoms with E-state index in [2.05, 4.69) is 56.8 Å². The van der Waals surface area contributed by atoms with E-state index in [0.29, 0.717) is 0 Å². The molecule has 0 bridgehead atoms. The van der Waals surface area contributed by atoms with Crippen molar-refractivity contribution in [2.75, 3.05) is 13.6 Å². The van der Waals surface area contributed by atoms with Gasteiger partial charge < -0.3 is 10.2 Å². The van der Waals surface area contributed by atoms with Crippen molar-refractivity contribution in [2.45, 2.75) is 47.5 Å². The molecule has 1 aliphatic carbocycles. The van der Waals surface area contributed by atoms with Gasteiger partial charge in [-0.3, -0.25) is 0 Å². The fraction of sp³-hybridized carbons (Fsp3) is 0.375. The molecule has 1 aliphatic rings. The molecule has 0 aromatic carbocycles. The van der Waals surface area contributed by atoms with Crippen LogP contribution in [-0.4, -0.2) is 24.2 Å². The van der Waals surface area contributed by atoms with E-state index >= 15 is 0 Å². The lowest BCUT2D eigenvalue weighted by atomic mass is 9.97. The number of nitrogens with one attached hydrogen (secondary N) is 1.